The fourth-order valence-corrected chi connectivity index (χ4v) is 7.11. The monoisotopic (exact) mass is 715 g/mol. The summed E-state index contributed by atoms with van der Waals surface area (Å²) < 4.78 is 9.26. The molecule has 0 spiro atoms. The highest BCUT2D eigenvalue weighted by molar-refractivity contribution is 6.11. The van der Waals surface area contributed by atoms with E-state index in [-0.39, 0.29) is 16.2 Å². The largest absolute Gasteiger partial charge is 0.456 e. The van der Waals surface area contributed by atoms with Crippen molar-refractivity contribution >= 4 is 38.9 Å². The molecule has 0 bridgehead atoms. The Morgan fingerprint density at radius 2 is 1.30 bits per heavy atom. The lowest BCUT2D eigenvalue weighted by Gasteiger charge is -2.23. The van der Waals surface area contributed by atoms with Gasteiger partial charge in [0.1, 0.15) is 29.0 Å². The average molecular weight is 716 g/mol. The molecule has 1 aliphatic rings. The Morgan fingerprint density at radius 1 is 0.611 bits per heavy atom. The molecule has 0 N–H and O–H groups in total. The molecule has 54 heavy (non-hydrogen) atoms. The highest BCUT2D eigenvalue weighted by atomic mass is 16.5. The summed E-state index contributed by atoms with van der Waals surface area (Å²) >= 11 is 0. The third-order valence-electron chi connectivity index (χ3n) is 10.1. The summed E-state index contributed by atoms with van der Waals surface area (Å²) in [6.45, 7) is 20.4. The van der Waals surface area contributed by atoms with Gasteiger partial charge in [-0.1, -0.05) is 92.6 Å². The molecule has 4 heterocycles. The molecular weight excluding hydrogens is 667 g/mol. The molecule has 8 nitrogen and oxygen atoms in total. The van der Waals surface area contributed by atoms with Crippen LogP contribution in [0.4, 0.5) is 17.1 Å². The quantitative estimate of drug-likeness (QED) is 0.176. The van der Waals surface area contributed by atoms with Gasteiger partial charge in [-0.05, 0) is 65.6 Å². The number of ether oxygens (including phenoxy) is 1. The molecule has 4 aromatic carbocycles. The highest BCUT2D eigenvalue weighted by Gasteiger charge is 2.29. The van der Waals surface area contributed by atoms with Crippen LogP contribution in [0.5, 0.6) is 11.5 Å². The van der Waals surface area contributed by atoms with Gasteiger partial charge < -0.3 is 14.5 Å². The molecule has 0 saturated carbocycles. The van der Waals surface area contributed by atoms with Crippen LogP contribution < -0.4 is 14.5 Å². The second kappa shape index (κ2) is 12.7. The number of pyridine rings is 1. The van der Waals surface area contributed by atoms with E-state index in [0.29, 0.717) is 11.6 Å². The molecule has 0 fully saturated rings. The average Bonchev–Trinajstić information content (AvgIpc) is 3.64. The van der Waals surface area contributed by atoms with Crippen LogP contribution in [-0.4, -0.2) is 38.2 Å². The van der Waals surface area contributed by atoms with Gasteiger partial charge in [0, 0.05) is 52.7 Å². The molecule has 0 aliphatic carbocycles. The summed E-state index contributed by atoms with van der Waals surface area (Å²) in [5.41, 5.74) is 6.91. The molecule has 1 aliphatic heterocycles. The summed E-state index contributed by atoms with van der Waals surface area (Å²) in [4.78, 5) is 24.8. The molecule has 0 unspecified atom stereocenters. The Labute approximate surface area is 318 Å². The maximum absolute atomic E-state index is 7.03. The van der Waals surface area contributed by atoms with E-state index < -0.39 is 0 Å². The number of para-hydroxylation sites is 2. The first kappa shape index (κ1) is 35.3. The van der Waals surface area contributed by atoms with Gasteiger partial charge in [0.05, 0.1) is 34.6 Å². The Hall–Kier alpha value is -5.76. The van der Waals surface area contributed by atoms with E-state index in [9.17, 15) is 0 Å². The number of anilines is 3. The summed E-state index contributed by atoms with van der Waals surface area (Å²) in [5.74, 6) is 4.29. The van der Waals surface area contributed by atoms with E-state index in [1.165, 1.54) is 16.9 Å². The van der Waals surface area contributed by atoms with Gasteiger partial charge in [0.25, 0.3) is 0 Å². The van der Waals surface area contributed by atoms with E-state index in [4.69, 9.17) is 24.7 Å². The van der Waals surface area contributed by atoms with Gasteiger partial charge in [-0.3, -0.25) is 4.57 Å². The number of fused-ring (bicyclic) bond motifs is 4. The van der Waals surface area contributed by atoms with E-state index in [1.54, 1.807) is 0 Å². The van der Waals surface area contributed by atoms with Crippen LogP contribution in [-0.2, 0) is 16.2 Å². The Balaban J connectivity index is 1.39. The van der Waals surface area contributed by atoms with Gasteiger partial charge >= 0.3 is 0 Å². The van der Waals surface area contributed by atoms with E-state index in [0.717, 1.165) is 62.9 Å². The molecule has 0 atom stereocenters. The van der Waals surface area contributed by atoms with Crippen LogP contribution in [0.25, 0.3) is 39.0 Å². The molecule has 0 amide bonds. The van der Waals surface area contributed by atoms with Crippen LogP contribution in [0.2, 0.25) is 0 Å². The zero-order chi connectivity index (χ0) is 38.2. The fraction of sp³-hybridized carbons (Fsp3) is 0.304. The van der Waals surface area contributed by atoms with Crippen molar-refractivity contribution in [3.8, 4) is 28.7 Å². The van der Waals surface area contributed by atoms with E-state index in [1.807, 2.05) is 24.4 Å². The normalized spacial score (nSPS) is 13.6. The second-order valence-corrected chi connectivity index (χ2v) is 17.5. The van der Waals surface area contributed by atoms with Crippen molar-refractivity contribution in [3.63, 3.8) is 0 Å². The first-order valence-corrected chi connectivity index (χ1v) is 18.7. The number of hydrogen-bond donors (Lipinski definition) is 0. The fourth-order valence-electron chi connectivity index (χ4n) is 7.11. The summed E-state index contributed by atoms with van der Waals surface area (Å²) in [7, 11) is 2.12. The van der Waals surface area contributed by atoms with Gasteiger partial charge in [0.2, 0.25) is 0 Å². The molecule has 0 saturated heterocycles. The van der Waals surface area contributed by atoms with Crippen molar-refractivity contribution in [2.24, 2.45) is 0 Å². The predicted octanol–water partition coefficient (Wildman–Crippen LogP) is 11.3. The van der Waals surface area contributed by atoms with Gasteiger partial charge in [-0.15, -0.1) is 0 Å². The molecule has 7 aromatic rings. The van der Waals surface area contributed by atoms with Crippen molar-refractivity contribution in [2.45, 2.75) is 78.6 Å². The minimum absolute atomic E-state index is 0.0351. The number of nitrogens with zero attached hydrogens (tertiary/aromatic N) is 7. The summed E-state index contributed by atoms with van der Waals surface area (Å²) in [5, 5.41) is 2.21. The van der Waals surface area contributed by atoms with Crippen molar-refractivity contribution in [3.05, 3.63) is 120 Å². The third-order valence-corrected chi connectivity index (χ3v) is 10.1. The zero-order valence-electron chi connectivity index (χ0n) is 33.1. The maximum atomic E-state index is 7.03. The van der Waals surface area contributed by atoms with Crippen molar-refractivity contribution < 1.29 is 4.74 Å². The smallest absolute Gasteiger partial charge is 0.167 e. The third kappa shape index (κ3) is 6.33. The number of rotatable bonds is 5. The Bertz CT molecular complexity index is 2500. The Morgan fingerprint density at radius 3 is 1.96 bits per heavy atom. The van der Waals surface area contributed by atoms with Gasteiger partial charge in [0.15, 0.2) is 5.82 Å². The minimum Gasteiger partial charge on any atom is -0.456 e. The van der Waals surface area contributed by atoms with Crippen LogP contribution in [0.1, 0.15) is 79.5 Å². The van der Waals surface area contributed by atoms with Crippen LogP contribution in [0.15, 0.2) is 103 Å². The zero-order valence-corrected chi connectivity index (χ0v) is 33.1. The van der Waals surface area contributed by atoms with Crippen LogP contribution in [0.3, 0.4) is 0 Å². The minimum atomic E-state index is -0.299. The van der Waals surface area contributed by atoms with Gasteiger partial charge in [-0.2, -0.15) is 0 Å². The van der Waals surface area contributed by atoms with Crippen molar-refractivity contribution in [1.29, 1.82) is 0 Å². The number of aromatic nitrogens is 5. The van der Waals surface area contributed by atoms with Crippen LogP contribution in [0, 0.1) is 0 Å². The number of benzene rings is 4. The molecule has 8 heteroatoms. The lowest BCUT2D eigenvalue weighted by molar-refractivity contribution is 0.481. The molecule has 0 radical (unpaired) electrons. The SMILES string of the molecule is CN1CN(c2cccc(Oc3cc4c(cc3-c3nc(C(C)(C)C)nc(C(C)(C)C)n3)c3cc(C(C)(C)C)ccc3n4-c3ccccn3)c2)c2ccccc21. The van der Waals surface area contributed by atoms with Gasteiger partial charge in [-0.25, -0.2) is 19.9 Å². The topological polar surface area (TPSA) is 72.2 Å². The molecule has 274 valence electrons. The predicted molar refractivity (Wildman–Crippen MR) is 222 cm³/mol. The molecule has 8 rings (SSSR count). The standard InChI is InChI=1S/C46H49N7O/c1-44(2,3)29-21-22-35-32(24-29)33-26-34(41-48-42(45(4,5)6)50-43(49-41)46(7,8)9)39(27-38(33)53(35)40-20-13-14-23-47-40)54-31-17-15-16-30(25-31)52-28-51(10)36-18-11-12-19-37(36)52/h11-27H,28H2,1-10H3. The molecular formula is C46H49N7O. The summed E-state index contributed by atoms with van der Waals surface area (Å²) in [6, 6.07) is 34.0. The van der Waals surface area contributed by atoms with Crippen LogP contribution >= 0.6 is 0 Å². The lowest BCUT2D eigenvalue weighted by atomic mass is 9.86. The molecule has 3 aromatic heterocycles. The first-order valence-electron chi connectivity index (χ1n) is 18.7. The maximum Gasteiger partial charge on any atom is 0.167 e. The number of hydrogen-bond acceptors (Lipinski definition) is 7. The first-order chi connectivity index (χ1) is 25.6. The van der Waals surface area contributed by atoms with Crippen molar-refractivity contribution in [1.82, 2.24) is 24.5 Å². The summed E-state index contributed by atoms with van der Waals surface area (Å²) in [6.07, 6.45) is 1.84. The van der Waals surface area contributed by atoms with Crippen molar-refractivity contribution in [2.75, 3.05) is 23.5 Å². The van der Waals surface area contributed by atoms with E-state index >= 15 is 0 Å². The Kier molecular flexibility index (Phi) is 8.29. The second-order valence-electron chi connectivity index (χ2n) is 17.5. The highest BCUT2D eigenvalue weighted by Crippen LogP contribution is 2.44. The lowest BCUT2D eigenvalue weighted by Crippen LogP contribution is -2.24. The van der Waals surface area contributed by atoms with E-state index in [2.05, 4.69) is 163 Å².